The summed E-state index contributed by atoms with van der Waals surface area (Å²) in [6.45, 7) is 4.36. The van der Waals surface area contributed by atoms with E-state index in [1.54, 1.807) is 18.3 Å². The number of nitrogens with one attached hydrogen (secondary N) is 1. The quantitative estimate of drug-likeness (QED) is 0.921. The number of carbonyl (C=O) groups is 1. The van der Waals surface area contributed by atoms with Gasteiger partial charge in [0.25, 0.3) is 5.91 Å². The number of aromatic nitrogens is 1. The fraction of sp³-hybridized carbons (Fsp3) is 0.231. The number of ether oxygens (including phenoxy) is 1. The van der Waals surface area contributed by atoms with Crippen LogP contribution in [0.25, 0.3) is 0 Å². The molecule has 0 saturated carbocycles. The molecular formula is C13H14N2O2S. The highest BCUT2D eigenvalue weighted by molar-refractivity contribution is 7.15. The van der Waals surface area contributed by atoms with Crippen molar-refractivity contribution >= 4 is 22.4 Å². The van der Waals surface area contributed by atoms with Crippen molar-refractivity contribution in [3.8, 4) is 5.75 Å². The van der Waals surface area contributed by atoms with Crippen molar-refractivity contribution in [2.45, 2.75) is 13.8 Å². The van der Waals surface area contributed by atoms with E-state index in [-0.39, 0.29) is 5.91 Å². The molecule has 0 saturated heterocycles. The van der Waals surface area contributed by atoms with Gasteiger partial charge in [0.15, 0.2) is 5.13 Å². The second kappa shape index (κ2) is 5.64. The van der Waals surface area contributed by atoms with E-state index in [1.165, 1.54) is 11.3 Å². The average molecular weight is 262 g/mol. The van der Waals surface area contributed by atoms with Crippen molar-refractivity contribution in [1.82, 2.24) is 4.98 Å². The fourth-order valence-corrected chi connectivity index (χ4v) is 2.17. The van der Waals surface area contributed by atoms with Crippen molar-refractivity contribution < 1.29 is 9.53 Å². The molecule has 1 heterocycles. The Balaban J connectivity index is 2.18. The van der Waals surface area contributed by atoms with E-state index in [4.69, 9.17) is 4.74 Å². The van der Waals surface area contributed by atoms with E-state index in [0.717, 1.165) is 4.88 Å². The number of aryl methyl sites for hydroxylation is 1. The lowest BCUT2D eigenvalue weighted by Crippen LogP contribution is -2.13. The lowest BCUT2D eigenvalue weighted by atomic mass is 10.2. The lowest BCUT2D eigenvalue weighted by Gasteiger charge is -2.08. The molecule has 1 aromatic heterocycles. The normalized spacial score (nSPS) is 10.1. The molecule has 94 valence electrons. The highest BCUT2D eigenvalue weighted by Crippen LogP contribution is 2.21. The molecule has 0 aliphatic carbocycles. The fourth-order valence-electron chi connectivity index (χ4n) is 1.51. The summed E-state index contributed by atoms with van der Waals surface area (Å²) in [5.41, 5.74) is 0.521. The molecule has 0 aliphatic heterocycles. The van der Waals surface area contributed by atoms with Gasteiger partial charge in [-0.3, -0.25) is 10.1 Å². The number of carbonyl (C=O) groups excluding carboxylic acids is 1. The SMILES string of the molecule is CCOc1ccccc1C(=O)Nc1ncc(C)s1. The summed E-state index contributed by atoms with van der Waals surface area (Å²) in [6.07, 6.45) is 1.73. The number of rotatable bonds is 4. The topological polar surface area (TPSA) is 51.2 Å². The number of thiazole rings is 1. The molecule has 1 aromatic carbocycles. The Hall–Kier alpha value is -1.88. The van der Waals surface area contributed by atoms with Gasteiger partial charge in [0.2, 0.25) is 0 Å². The molecule has 1 N–H and O–H groups in total. The van der Waals surface area contributed by atoms with E-state index in [2.05, 4.69) is 10.3 Å². The van der Waals surface area contributed by atoms with Crippen LogP contribution in [0.5, 0.6) is 5.75 Å². The first-order valence-electron chi connectivity index (χ1n) is 5.66. The van der Waals surface area contributed by atoms with Crippen LogP contribution in [0.3, 0.4) is 0 Å². The van der Waals surface area contributed by atoms with Crippen LogP contribution in [0.4, 0.5) is 5.13 Å². The molecule has 0 spiro atoms. The molecule has 2 rings (SSSR count). The van der Waals surface area contributed by atoms with E-state index in [9.17, 15) is 4.79 Å². The minimum atomic E-state index is -0.201. The second-order valence-electron chi connectivity index (χ2n) is 3.66. The lowest BCUT2D eigenvalue weighted by molar-refractivity contribution is 0.102. The molecule has 0 radical (unpaired) electrons. The van der Waals surface area contributed by atoms with Gasteiger partial charge in [0, 0.05) is 11.1 Å². The number of para-hydroxylation sites is 1. The van der Waals surface area contributed by atoms with Crippen LogP contribution < -0.4 is 10.1 Å². The van der Waals surface area contributed by atoms with Gasteiger partial charge in [-0.25, -0.2) is 4.98 Å². The summed E-state index contributed by atoms with van der Waals surface area (Å²) < 4.78 is 5.42. The van der Waals surface area contributed by atoms with Crippen LogP contribution in [0.15, 0.2) is 30.5 Å². The minimum absolute atomic E-state index is 0.201. The molecular weight excluding hydrogens is 248 g/mol. The van der Waals surface area contributed by atoms with Gasteiger partial charge in [-0.1, -0.05) is 12.1 Å². The third-order valence-electron chi connectivity index (χ3n) is 2.27. The van der Waals surface area contributed by atoms with Gasteiger partial charge in [0.1, 0.15) is 5.75 Å². The van der Waals surface area contributed by atoms with Gasteiger partial charge in [-0.2, -0.15) is 0 Å². The maximum absolute atomic E-state index is 12.1. The number of hydrogen-bond acceptors (Lipinski definition) is 4. The van der Waals surface area contributed by atoms with Crippen molar-refractivity contribution in [2.75, 3.05) is 11.9 Å². The van der Waals surface area contributed by atoms with Gasteiger partial charge in [-0.15, -0.1) is 11.3 Å². The first kappa shape index (κ1) is 12.6. The summed E-state index contributed by atoms with van der Waals surface area (Å²) in [7, 11) is 0. The third kappa shape index (κ3) is 2.87. The second-order valence-corrected chi connectivity index (χ2v) is 4.89. The minimum Gasteiger partial charge on any atom is -0.493 e. The standard InChI is InChI=1S/C13H14N2O2S/c1-3-17-11-7-5-4-6-10(11)12(16)15-13-14-8-9(2)18-13/h4-8H,3H2,1-2H3,(H,14,15,16). The Kier molecular flexibility index (Phi) is 3.94. The number of nitrogens with zero attached hydrogens (tertiary/aromatic N) is 1. The molecule has 1 amide bonds. The monoisotopic (exact) mass is 262 g/mol. The Morgan fingerprint density at radius 1 is 1.44 bits per heavy atom. The zero-order valence-electron chi connectivity index (χ0n) is 10.3. The van der Waals surface area contributed by atoms with Gasteiger partial charge in [0.05, 0.1) is 12.2 Å². The maximum Gasteiger partial charge on any atom is 0.261 e. The van der Waals surface area contributed by atoms with Crippen LogP contribution >= 0.6 is 11.3 Å². The van der Waals surface area contributed by atoms with Gasteiger partial charge >= 0.3 is 0 Å². The van der Waals surface area contributed by atoms with Crippen LogP contribution in [-0.2, 0) is 0 Å². The van der Waals surface area contributed by atoms with E-state index < -0.39 is 0 Å². The van der Waals surface area contributed by atoms with E-state index >= 15 is 0 Å². The van der Waals surface area contributed by atoms with E-state index in [1.807, 2.05) is 26.0 Å². The average Bonchev–Trinajstić information content (AvgIpc) is 2.76. The summed E-state index contributed by atoms with van der Waals surface area (Å²) in [5.74, 6) is 0.388. The predicted molar refractivity (Wildman–Crippen MR) is 72.4 cm³/mol. The molecule has 0 atom stereocenters. The van der Waals surface area contributed by atoms with Crippen LogP contribution in [0.1, 0.15) is 22.2 Å². The Morgan fingerprint density at radius 3 is 2.89 bits per heavy atom. The Bertz CT molecular complexity index is 551. The summed E-state index contributed by atoms with van der Waals surface area (Å²) in [4.78, 5) is 17.3. The van der Waals surface area contributed by atoms with Crippen molar-refractivity contribution in [3.63, 3.8) is 0 Å². The molecule has 5 heteroatoms. The number of anilines is 1. The van der Waals surface area contributed by atoms with E-state index in [0.29, 0.717) is 23.1 Å². The predicted octanol–water partition coefficient (Wildman–Crippen LogP) is 3.10. The van der Waals surface area contributed by atoms with Crippen molar-refractivity contribution in [2.24, 2.45) is 0 Å². The molecule has 2 aromatic rings. The highest BCUT2D eigenvalue weighted by atomic mass is 32.1. The Labute approximate surface area is 110 Å². The Morgan fingerprint density at radius 2 is 2.22 bits per heavy atom. The molecule has 4 nitrogen and oxygen atoms in total. The summed E-state index contributed by atoms with van der Waals surface area (Å²) in [5, 5.41) is 3.37. The molecule has 0 aliphatic rings. The zero-order valence-corrected chi connectivity index (χ0v) is 11.1. The van der Waals surface area contributed by atoms with Crippen LogP contribution in [-0.4, -0.2) is 17.5 Å². The zero-order chi connectivity index (χ0) is 13.0. The largest absolute Gasteiger partial charge is 0.493 e. The van der Waals surface area contributed by atoms with Crippen LogP contribution in [0.2, 0.25) is 0 Å². The van der Waals surface area contributed by atoms with Crippen molar-refractivity contribution in [3.05, 3.63) is 40.9 Å². The first-order chi connectivity index (χ1) is 8.70. The molecule has 0 unspecified atom stereocenters. The third-order valence-corrected chi connectivity index (χ3v) is 3.10. The molecule has 0 bridgehead atoms. The number of hydrogen-bond donors (Lipinski definition) is 1. The van der Waals surface area contributed by atoms with Gasteiger partial charge < -0.3 is 4.74 Å². The highest BCUT2D eigenvalue weighted by Gasteiger charge is 2.13. The number of benzene rings is 1. The molecule has 18 heavy (non-hydrogen) atoms. The smallest absolute Gasteiger partial charge is 0.261 e. The van der Waals surface area contributed by atoms with Gasteiger partial charge in [-0.05, 0) is 26.0 Å². The van der Waals surface area contributed by atoms with Crippen molar-refractivity contribution in [1.29, 1.82) is 0 Å². The number of amides is 1. The first-order valence-corrected chi connectivity index (χ1v) is 6.48. The molecule has 0 fully saturated rings. The summed E-state index contributed by atoms with van der Waals surface area (Å²) in [6, 6.07) is 7.17. The maximum atomic E-state index is 12.1. The van der Waals surface area contributed by atoms with Crippen LogP contribution in [0, 0.1) is 6.92 Å². The summed E-state index contributed by atoms with van der Waals surface area (Å²) >= 11 is 1.45.